The summed E-state index contributed by atoms with van der Waals surface area (Å²) in [7, 11) is 3.63. The molecule has 32 heavy (non-hydrogen) atoms. The molecule has 0 saturated carbocycles. The fraction of sp³-hybridized carbons (Fsp3) is 0.0909. The Labute approximate surface area is 187 Å². The lowest BCUT2D eigenvalue weighted by Gasteiger charge is -2.12. The van der Waals surface area contributed by atoms with Crippen molar-refractivity contribution in [2.75, 3.05) is 5.32 Å². The molecule has 0 radical (unpaired) electrons. The van der Waals surface area contributed by atoms with Gasteiger partial charge in [-0.3, -0.25) is 14.3 Å². The van der Waals surface area contributed by atoms with Gasteiger partial charge in [-0.05, 0) is 24.3 Å². The van der Waals surface area contributed by atoms with E-state index in [2.05, 4.69) is 31.6 Å². The first-order chi connectivity index (χ1) is 15.5. The van der Waals surface area contributed by atoms with Crippen LogP contribution in [0.4, 0.5) is 11.6 Å². The Balaban J connectivity index is 1.74. The SMILES string of the molecule is Cn1ccc(Nc2nc(-c3ccn(C)n3)c(-c3cc(Cl)c4ncccc4c3)nc2C#N)n1. The minimum Gasteiger partial charge on any atom is -0.321 e. The molecular formula is C22H16ClN9. The van der Waals surface area contributed by atoms with E-state index in [0.717, 1.165) is 5.39 Å². The van der Waals surface area contributed by atoms with Crippen LogP contribution in [0.2, 0.25) is 5.02 Å². The molecule has 4 aromatic heterocycles. The van der Waals surface area contributed by atoms with Crippen LogP contribution in [0.15, 0.2) is 55.0 Å². The molecule has 0 aliphatic carbocycles. The topological polar surface area (TPSA) is 110 Å². The van der Waals surface area contributed by atoms with Crippen molar-refractivity contribution in [1.82, 2.24) is 34.5 Å². The Morgan fingerprint density at radius 1 is 1.00 bits per heavy atom. The van der Waals surface area contributed by atoms with Crippen LogP contribution in [0.1, 0.15) is 5.69 Å². The van der Waals surface area contributed by atoms with Gasteiger partial charge < -0.3 is 5.32 Å². The van der Waals surface area contributed by atoms with Gasteiger partial charge >= 0.3 is 0 Å². The van der Waals surface area contributed by atoms with Crippen LogP contribution >= 0.6 is 11.6 Å². The average Bonchev–Trinajstić information content (AvgIpc) is 3.41. The van der Waals surface area contributed by atoms with Crippen molar-refractivity contribution >= 4 is 34.1 Å². The molecule has 0 atom stereocenters. The van der Waals surface area contributed by atoms with E-state index < -0.39 is 0 Å². The molecular weight excluding hydrogens is 426 g/mol. The van der Waals surface area contributed by atoms with Crippen molar-refractivity contribution in [1.29, 1.82) is 5.26 Å². The number of nitriles is 1. The maximum atomic E-state index is 9.79. The van der Waals surface area contributed by atoms with Crippen molar-refractivity contribution in [3.8, 4) is 28.7 Å². The first-order valence-electron chi connectivity index (χ1n) is 9.65. The number of aryl methyl sites for hydroxylation is 2. The monoisotopic (exact) mass is 441 g/mol. The molecule has 0 unspecified atom stereocenters. The number of hydrogen-bond donors (Lipinski definition) is 1. The number of fused-ring (bicyclic) bond motifs is 1. The van der Waals surface area contributed by atoms with Crippen LogP contribution in [-0.2, 0) is 14.1 Å². The fourth-order valence-corrected chi connectivity index (χ4v) is 3.68. The zero-order valence-electron chi connectivity index (χ0n) is 17.2. The van der Waals surface area contributed by atoms with Crippen molar-refractivity contribution in [2.24, 2.45) is 14.1 Å². The lowest BCUT2D eigenvalue weighted by molar-refractivity contribution is 0.769. The minimum absolute atomic E-state index is 0.132. The number of nitrogens with one attached hydrogen (secondary N) is 1. The van der Waals surface area contributed by atoms with Crippen LogP contribution in [0.5, 0.6) is 0 Å². The number of aromatic nitrogens is 7. The van der Waals surface area contributed by atoms with E-state index >= 15 is 0 Å². The lowest BCUT2D eigenvalue weighted by Crippen LogP contribution is -2.05. The third-order valence-electron chi connectivity index (χ3n) is 4.85. The number of nitrogens with zero attached hydrogens (tertiary/aromatic N) is 8. The maximum absolute atomic E-state index is 9.79. The first kappa shape index (κ1) is 19.7. The predicted octanol–water partition coefficient (Wildman–Crippen LogP) is 4.09. The van der Waals surface area contributed by atoms with E-state index in [1.54, 1.807) is 33.9 Å². The van der Waals surface area contributed by atoms with E-state index in [1.165, 1.54) is 0 Å². The summed E-state index contributed by atoms with van der Waals surface area (Å²) in [5, 5.41) is 23.0. The molecule has 0 spiro atoms. The molecule has 9 nitrogen and oxygen atoms in total. The summed E-state index contributed by atoms with van der Waals surface area (Å²) in [5.74, 6) is 0.849. The molecule has 0 aliphatic heterocycles. The number of benzene rings is 1. The molecule has 5 rings (SSSR count). The highest BCUT2D eigenvalue weighted by molar-refractivity contribution is 6.35. The number of anilines is 2. The van der Waals surface area contributed by atoms with Crippen LogP contribution in [0, 0.1) is 11.3 Å². The van der Waals surface area contributed by atoms with E-state index in [0.29, 0.717) is 44.8 Å². The number of halogens is 1. The van der Waals surface area contributed by atoms with Crippen molar-refractivity contribution in [3.05, 3.63) is 65.7 Å². The molecule has 10 heteroatoms. The van der Waals surface area contributed by atoms with Crippen LogP contribution in [0.3, 0.4) is 0 Å². The van der Waals surface area contributed by atoms with Crippen LogP contribution in [0.25, 0.3) is 33.5 Å². The number of hydrogen-bond acceptors (Lipinski definition) is 7. The van der Waals surface area contributed by atoms with E-state index in [4.69, 9.17) is 16.6 Å². The van der Waals surface area contributed by atoms with Crippen molar-refractivity contribution < 1.29 is 0 Å². The minimum atomic E-state index is 0.132. The molecule has 5 aromatic rings. The van der Waals surface area contributed by atoms with Gasteiger partial charge in [0.25, 0.3) is 0 Å². The second kappa shape index (κ2) is 7.76. The quantitative estimate of drug-likeness (QED) is 0.447. The smallest absolute Gasteiger partial charge is 0.184 e. The van der Waals surface area contributed by atoms with Crippen molar-refractivity contribution in [2.45, 2.75) is 0 Å². The van der Waals surface area contributed by atoms with E-state index in [9.17, 15) is 5.26 Å². The summed E-state index contributed by atoms with van der Waals surface area (Å²) in [6, 6.07) is 13.2. The molecule has 0 bridgehead atoms. The highest BCUT2D eigenvalue weighted by Gasteiger charge is 2.20. The van der Waals surface area contributed by atoms with Gasteiger partial charge in [0.1, 0.15) is 23.2 Å². The zero-order valence-corrected chi connectivity index (χ0v) is 17.9. The largest absolute Gasteiger partial charge is 0.321 e. The molecule has 0 aliphatic rings. The van der Waals surface area contributed by atoms with Gasteiger partial charge in [-0.1, -0.05) is 17.7 Å². The Bertz CT molecular complexity index is 1510. The summed E-state index contributed by atoms with van der Waals surface area (Å²) < 4.78 is 3.34. The van der Waals surface area contributed by atoms with Gasteiger partial charge in [0.15, 0.2) is 17.3 Å². The highest BCUT2D eigenvalue weighted by Crippen LogP contribution is 2.35. The second-order valence-corrected chi connectivity index (χ2v) is 7.54. The lowest BCUT2D eigenvalue weighted by atomic mass is 10.0. The second-order valence-electron chi connectivity index (χ2n) is 7.14. The average molecular weight is 442 g/mol. The number of rotatable bonds is 4. The van der Waals surface area contributed by atoms with Gasteiger partial charge in [-0.2, -0.15) is 15.5 Å². The summed E-state index contributed by atoms with van der Waals surface area (Å²) in [6.45, 7) is 0. The third-order valence-corrected chi connectivity index (χ3v) is 5.14. The number of pyridine rings is 1. The Hall–Kier alpha value is -4.29. The van der Waals surface area contributed by atoms with Gasteiger partial charge in [-0.25, -0.2) is 9.97 Å². The maximum Gasteiger partial charge on any atom is 0.184 e. The molecule has 0 fully saturated rings. The normalized spacial score (nSPS) is 10.9. The molecule has 0 saturated heterocycles. The fourth-order valence-electron chi connectivity index (χ4n) is 3.41. The Morgan fingerprint density at radius 3 is 2.53 bits per heavy atom. The zero-order chi connectivity index (χ0) is 22.2. The first-order valence-corrected chi connectivity index (χ1v) is 10.0. The van der Waals surface area contributed by atoms with E-state index in [-0.39, 0.29) is 5.69 Å². The molecule has 1 aromatic carbocycles. The Kier molecular flexibility index (Phi) is 4.77. The third kappa shape index (κ3) is 3.53. The van der Waals surface area contributed by atoms with Gasteiger partial charge in [-0.15, -0.1) is 0 Å². The summed E-state index contributed by atoms with van der Waals surface area (Å²) in [6.07, 6.45) is 5.31. The van der Waals surface area contributed by atoms with Crippen molar-refractivity contribution in [3.63, 3.8) is 0 Å². The predicted molar refractivity (Wildman–Crippen MR) is 121 cm³/mol. The molecule has 0 amide bonds. The summed E-state index contributed by atoms with van der Waals surface area (Å²) in [4.78, 5) is 13.7. The Morgan fingerprint density at radius 2 is 1.81 bits per heavy atom. The van der Waals surface area contributed by atoms with Crippen LogP contribution < -0.4 is 5.32 Å². The van der Waals surface area contributed by atoms with Crippen LogP contribution in [-0.4, -0.2) is 34.5 Å². The van der Waals surface area contributed by atoms with E-state index in [1.807, 2.05) is 44.6 Å². The molecule has 156 valence electrons. The van der Waals surface area contributed by atoms with Gasteiger partial charge in [0.05, 0.1) is 10.5 Å². The standard InChI is InChI=1S/C22H16ClN9/c1-31-8-5-16(29-31)21-20(14-10-13-4-3-7-25-19(13)15(23)11-14)26-17(12-24)22(28-21)27-18-6-9-32(2)30-18/h3-11H,1-2H3,(H,27,28,30). The summed E-state index contributed by atoms with van der Waals surface area (Å²) >= 11 is 6.51. The van der Waals surface area contributed by atoms with Gasteiger partial charge in [0.2, 0.25) is 0 Å². The molecule has 4 heterocycles. The summed E-state index contributed by atoms with van der Waals surface area (Å²) in [5.41, 5.74) is 3.17. The molecule has 1 N–H and O–H groups in total. The van der Waals surface area contributed by atoms with Gasteiger partial charge in [0, 0.05) is 49.7 Å². The highest BCUT2D eigenvalue weighted by atomic mass is 35.5.